The van der Waals surface area contributed by atoms with Crippen molar-refractivity contribution in [2.45, 2.75) is 4.90 Å². The number of benzene rings is 2. The van der Waals surface area contributed by atoms with Crippen LogP contribution in [0.4, 0.5) is 5.69 Å². The Morgan fingerprint density at radius 2 is 1.74 bits per heavy atom. The van der Waals surface area contributed by atoms with Gasteiger partial charge in [-0.2, -0.15) is 8.42 Å². The normalized spacial score (nSPS) is 11.3. The first kappa shape index (κ1) is 14.9. The Bertz CT molecular complexity index is 996. The second-order valence-corrected chi connectivity index (χ2v) is 6.11. The fraction of sp³-hybridized carbons (Fsp3) is 0. The molecule has 0 N–H and O–H groups in total. The number of para-hydroxylation sites is 3. The molecule has 0 radical (unpaired) electrons. The van der Waals surface area contributed by atoms with Gasteiger partial charge in [0, 0.05) is 17.6 Å². The monoisotopic (exact) mass is 330 g/mol. The van der Waals surface area contributed by atoms with Gasteiger partial charge < -0.3 is 4.18 Å². The predicted molar refractivity (Wildman–Crippen MR) is 82.7 cm³/mol. The highest BCUT2D eigenvalue weighted by Crippen LogP contribution is 2.30. The zero-order valence-electron chi connectivity index (χ0n) is 11.6. The molecule has 0 spiro atoms. The van der Waals surface area contributed by atoms with Crippen LogP contribution in [-0.2, 0) is 10.1 Å². The SMILES string of the molecule is O=[N+]([O-])c1ccccc1OS(=O)(=O)c1cccc2cccnc12. The summed E-state index contributed by atoms with van der Waals surface area (Å²) in [7, 11) is -4.26. The van der Waals surface area contributed by atoms with Crippen LogP contribution in [0.15, 0.2) is 65.7 Å². The average Bonchev–Trinajstić information content (AvgIpc) is 2.54. The van der Waals surface area contributed by atoms with Gasteiger partial charge in [-0.1, -0.05) is 30.3 Å². The van der Waals surface area contributed by atoms with Crippen molar-refractivity contribution >= 4 is 26.7 Å². The highest BCUT2D eigenvalue weighted by atomic mass is 32.2. The molecule has 0 bridgehead atoms. The number of hydrogen-bond acceptors (Lipinski definition) is 6. The van der Waals surface area contributed by atoms with Gasteiger partial charge in [-0.05, 0) is 18.2 Å². The van der Waals surface area contributed by atoms with Crippen LogP contribution < -0.4 is 4.18 Å². The highest BCUT2D eigenvalue weighted by molar-refractivity contribution is 7.87. The molecule has 0 fully saturated rings. The van der Waals surface area contributed by atoms with Crippen LogP contribution in [-0.4, -0.2) is 18.3 Å². The summed E-state index contributed by atoms with van der Waals surface area (Å²) < 4.78 is 30.0. The largest absolute Gasteiger partial charge is 0.372 e. The van der Waals surface area contributed by atoms with Crippen molar-refractivity contribution in [2.24, 2.45) is 0 Å². The van der Waals surface area contributed by atoms with Gasteiger partial charge in [0.1, 0.15) is 4.90 Å². The number of aromatic nitrogens is 1. The molecular formula is C15H10N2O5S. The quantitative estimate of drug-likeness (QED) is 0.414. The predicted octanol–water partition coefficient (Wildman–Crippen LogP) is 2.91. The minimum atomic E-state index is -4.26. The van der Waals surface area contributed by atoms with Gasteiger partial charge in [-0.25, -0.2) is 0 Å². The summed E-state index contributed by atoms with van der Waals surface area (Å²) in [4.78, 5) is 14.2. The molecule has 0 amide bonds. The molecule has 0 aliphatic heterocycles. The number of fused-ring (bicyclic) bond motifs is 1. The van der Waals surface area contributed by atoms with Crippen LogP contribution in [0.25, 0.3) is 10.9 Å². The average molecular weight is 330 g/mol. The van der Waals surface area contributed by atoms with Crippen molar-refractivity contribution in [3.63, 3.8) is 0 Å². The van der Waals surface area contributed by atoms with Gasteiger partial charge in [0.2, 0.25) is 5.75 Å². The number of pyridine rings is 1. The number of rotatable bonds is 4. The van der Waals surface area contributed by atoms with E-state index in [1.807, 2.05) is 0 Å². The second kappa shape index (κ2) is 5.65. The highest BCUT2D eigenvalue weighted by Gasteiger charge is 2.24. The third-order valence-electron chi connectivity index (χ3n) is 3.13. The molecule has 3 aromatic rings. The summed E-state index contributed by atoms with van der Waals surface area (Å²) in [6.45, 7) is 0. The number of nitro groups is 1. The molecule has 0 aliphatic carbocycles. The van der Waals surface area contributed by atoms with E-state index in [9.17, 15) is 18.5 Å². The molecule has 7 nitrogen and oxygen atoms in total. The fourth-order valence-corrected chi connectivity index (χ4v) is 3.24. The van der Waals surface area contributed by atoms with E-state index in [4.69, 9.17) is 4.18 Å². The lowest BCUT2D eigenvalue weighted by Gasteiger charge is -2.09. The van der Waals surface area contributed by atoms with Crippen LogP contribution in [0.5, 0.6) is 5.75 Å². The summed E-state index contributed by atoms with van der Waals surface area (Å²) >= 11 is 0. The van der Waals surface area contributed by atoms with Crippen LogP contribution >= 0.6 is 0 Å². The Morgan fingerprint density at radius 3 is 2.52 bits per heavy atom. The van der Waals surface area contributed by atoms with Crippen LogP contribution in [0, 0.1) is 10.1 Å². The molecule has 0 unspecified atom stereocenters. The van der Waals surface area contributed by atoms with E-state index in [0.717, 1.165) is 0 Å². The van der Waals surface area contributed by atoms with Crippen molar-refractivity contribution in [3.8, 4) is 5.75 Å². The maximum atomic E-state index is 12.5. The topological polar surface area (TPSA) is 99.4 Å². The molecule has 8 heteroatoms. The first-order valence-corrected chi connectivity index (χ1v) is 7.91. The van der Waals surface area contributed by atoms with Gasteiger partial charge in [0.25, 0.3) is 0 Å². The summed E-state index contributed by atoms with van der Waals surface area (Å²) in [6, 6.07) is 13.3. The van der Waals surface area contributed by atoms with Gasteiger partial charge in [-0.15, -0.1) is 0 Å². The standard InChI is InChI=1S/C15H10N2O5S/c18-17(19)12-7-1-2-8-13(12)22-23(20,21)14-9-3-5-11-6-4-10-16-15(11)14/h1-10H. The van der Waals surface area contributed by atoms with Crippen molar-refractivity contribution < 1.29 is 17.5 Å². The maximum Gasteiger partial charge on any atom is 0.341 e. The molecule has 23 heavy (non-hydrogen) atoms. The Kier molecular flexibility index (Phi) is 3.67. The van der Waals surface area contributed by atoms with Crippen molar-refractivity contribution in [1.29, 1.82) is 0 Å². The lowest BCUT2D eigenvalue weighted by atomic mass is 10.2. The minimum absolute atomic E-state index is 0.145. The van der Waals surface area contributed by atoms with Crippen LogP contribution in [0.2, 0.25) is 0 Å². The Balaban J connectivity index is 2.11. The summed E-state index contributed by atoms with van der Waals surface area (Å²) in [5.41, 5.74) is -0.183. The molecule has 0 saturated carbocycles. The molecule has 3 rings (SSSR count). The maximum absolute atomic E-state index is 12.5. The van der Waals surface area contributed by atoms with E-state index in [2.05, 4.69) is 4.98 Å². The Labute approximate surface area is 131 Å². The first-order valence-electron chi connectivity index (χ1n) is 6.51. The third-order valence-corrected chi connectivity index (χ3v) is 4.39. The van der Waals surface area contributed by atoms with Crippen molar-refractivity contribution in [2.75, 3.05) is 0 Å². The van der Waals surface area contributed by atoms with E-state index < -0.39 is 20.7 Å². The zero-order valence-corrected chi connectivity index (χ0v) is 12.4. The van der Waals surface area contributed by atoms with E-state index in [1.165, 1.54) is 36.5 Å². The zero-order chi connectivity index (χ0) is 16.4. The van der Waals surface area contributed by atoms with Gasteiger partial charge in [-0.3, -0.25) is 15.1 Å². The van der Waals surface area contributed by atoms with Crippen molar-refractivity contribution in [1.82, 2.24) is 4.98 Å². The van der Waals surface area contributed by atoms with E-state index >= 15 is 0 Å². The Hall–Kier alpha value is -3.00. The van der Waals surface area contributed by atoms with E-state index in [0.29, 0.717) is 5.39 Å². The van der Waals surface area contributed by atoms with Gasteiger partial charge >= 0.3 is 15.8 Å². The third kappa shape index (κ3) is 2.84. The number of hydrogen-bond donors (Lipinski definition) is 0. The molecular weight excluding hydrogens is 320 g/mol. The molecule has 1 heterocycles. The first-order chi connectivity index (χ1) is 11.0. The van der Waals surface area contributed by atoms with Crippen LogP contribution in [0.3, 0.4) is 0 Å². The van der Waals surface area contributed by atoms with Crippen LogP contribution in [0.1, 0.15) is 0 Å². The summed E-state index contributed by atoms with van der Waals surface area (Å²) in [5.74, 6) is -0.342. The van der Waals surface area contributed by atoms with E-state index in [-0.39, 0.29) is 16.2 Å². The van der Waals surface area contributed by atoms with Crippen molar-refractivity contribution in [3.05, 3.63) is 70.9 Å². The molecule has 0 aliphatic rings. The minimum Gasteiger partial charge on any atom is -0.372 e. The molecule has 0 atom stereocenters. The van der Waals surface area contributed by atoms with Gasteiger partial charge in [0.05, 0.1) is 10.4 Å². The lowest BCUT2D eigenvalue weighted by molar-refractivity contribution is -0.385. The number of nitrogens with zero attached hydrogens (tertiary/aromatic N) is 2. The Morgan fingerprint density at radius 1 is 1.00 bits per heavy atom. The number of nitro benzene ring substituents is 1. The molecule has 116 valence electrons. The molecule has 2 aromatic carbocycles. The smallest absolute Gasteiger partial charge is 0.341 e. The lowest BCUT2D eigenvalue weighted by Crippen LogP contribution is -2.11. The summed E-state index contributed by atoms with van der Waals surface area (Å²) in [5, 5.41) is 11.6. The second-order valence-electron chi connectivity index (χ2n) is 4.59. The van der Waals surface area contributed by atoms with Gasteiger partial charge in [0.15, 0.2) is 0 Å². The fourth-order valence-electron chi connectivity index (χ4n) is 2.12. The molecule has 0 saturated heterocycles. The van der Waals surface area contributed by atoms with E-state index in [1.54, 1.807) is 24.3 Å². The summed E-state index contributed by atoms with van der Waals surface area (Å²) in [6.07, 6.45) is 1.46. The molecule has 1 aromatic heterocycles.